The van der Waals surface area contributed by atoms with Gasteiger partial charge >= 0.3 is 7.82 Å². The molecule has 0 aromatic rings. The van der Waals surface area contributed by atoms with E-state index in [9.17, 15) is 9.46 Å². The molecule has 0 aromatic carbocycles. The summed E-state index contributed by atoms with van der Waals surface area (Å²) < 4.78 is 21.5. The monoisotopic (exact) mass is 419 g/mol. The third-order valence-corrected chi connectivity index (χ3v) is 5.72. The van der Waals surface area contributed by atoms with Crippen LogP contribution in [0.1, 0.15) is 96.8 Å². The van der Waals surface area contributed by atoms with Crippen molar-refractivity contribution in [3.8, 4) is 0 Å². The summed E-state index contributed by atoms with van der Waals surface area (Å²) in [7, 11) is -0.0965. The Bertz CT molecular complexity index is 402. The van der Waals surface area contributed by atoms with Crippen molar-refractivity contribution in [1.29, 1.82) is 0 Å². The second kappa shape index (κ2) is 20.1. The Labute approximate surface area is 174 Å². The van der Waals surface area contributed by atoms with Crippen LogP contribution in [0.4, 0.5) is 0 Å². The molecule has 0 saturated heterocycles. The van der Waals surface area contributed by atoms with E-state index in [1.807, 2.05) is 19.0 Å². The van der Waals surface area contributed by atoms with Gasteiger partial charge in [-0.25, -0.2) is 4.57 Å². The standard InChI is InChI=1S/C22H46NO4P/c1-4-5-6-7-8-9-10-11-12-13-14-15-16-17-18-19-21-26-28(24,25)27-22-20-23(2)3/h11-12H,4-10,13-22H2,1-3H3,(H,24,25)/b12-11-. The molecule has 0 aliphatic heterocycles. The van der Waals surface area contributed by atoms with Crippen LogP contribution in [0.25, 0.3) is 0 Å². The largest absolute Gasteiger partial charge is 0.472 e. The van der Waals surface area contributed by atoms with Gasteiger partial charge in [-0.2, -0.15) is 0 Å². The molecule has 0 bridgehead atoms. The van der Waals surface area contributed by atoms with Gasteiger partial charge < -0.3 is 9.79 Å². The number of allylic oxidation sites excluding steroid dienone is 2. The molecule has 0 amide bonds. The SMILES string of the molecule is CCCCCCCC/C=C\CCCCCCCCOP(=O)(O)OCCN(C)C. The summed E-state index contributed by atoms with van der Waals surface area (Å²) in [6.07, 6.45) is 22.1. The van der Waals surface area contributed by atoms with E-state index in [1.165, 1.54) is 70.6 Å². The first kappa shape index (κ1) is 27.8. The fourth-order valence-electron chi connectivity index (χ4n) is 2.91. The number of hydrogen-bond acceptors (Lipinski definition) is 4. The summed E-state index contributed by atoms with van der Waals surface area (Å²) in [5, 5.41) is 0. The molecule has 0 saturated carbocycles. The first-order valence-electron chi connectivity index (χ1n) is 11.4. The second-order valence-corrected chi connectivity index (χ2v) is 9.33. The quantitative estimate of drug-likeness (QED) is 0.127. The molecule has 0 aromatic heterocycles. The fraction of sp³-hybridized carbons (Fsp3) is 0.909. The number of nitrogens with zero attached hydrogens (tertiary/aromatic N) is 1. The van der Waals surface area contributed by atoms with Crippen LogP contribution >= 0.6 is 7.82 Å². The summed E-state index contributed by atoms with van der Waals surface area (Å²) in [5.41, 5.74) is 0. The number of likely N-dealkylation sites (N-methyl/N-ethyl adjacent to an activating group) is 1. The average molecular weight is 420 g/mol. The van der Waals surface area contributed by atoms with Gasteiger partial charge in [0.25, 0.3) is 0 Å². The maximum Gasteiger partial charge on any atom is 0.472 e. The minimum absolute atomic E-state index is 0.203. The van der Waals surface area contributed by atoms with Gasteiger partial charge in [0.1, 0.15) is 0 Å². The fourth-order valence-corrected chi connectivity index (χ4v) is 3.65. The van der Waals surface area contributed by atoms with Crippen LogP contribution in [0, 0.1) is 0 Å². The molecule has 1 atom stereocenters. The number of unbranched alkanes of at least 4 members (excludes halogenated alkanes) is 12. The van der Waals surface area contributed by atoms with E-state index in [0.717, 1.165) is 19.3 Å². The molecule has 6 heteroatoms. The van der Waals surface area contributed by atoms with Crippen LogP contribution in [0.3, 0.4) is 0 Å². The van der Waals surface area contributed by atoms with E-state index >= 15 is 0 Å². The van der Waals surface area contributed by atoms with Crippen molar-refractivity contribution in [2.75, 3.05) is 33.9 Å². The molecule has 0 aliphatic rings. The molecular formula is C22H46NO4P. The van der Waals surface area contributed by atoms with Gasteiger partial charge in [0, 0.05) is 6.54 Å². The minimum atomic E-state index is -3.87. The summed E-state index contributed by atoms with van der Waals surface area (Å²) in [6, 6.07) is 0. The predicted octanol–water partition coefficient (Wildman–Crippen LogP) is 6.72. The number of rotatable bonds is 21. The second-order valence-electron chi connectivity index (χ2n) is 7.88. The molecule has 0 aliphatic carbocycles. The average Bonchev–Trinajstić information content (AvgIpc) is 2.63. The van der Waals surface area contributed by atoms with Crippen molar-refractivity contribution in [1.82, 2.24) is 4.90 Å². The van der Waals surface area contributed by atoms with E-state index in [0.29, 0.717) is 6.54 Å². The van der Waals surface area contributed by atoms with Crippen molar-refractivity contribution >= 4 is 7.82 Å². The molecule has 0 spiro atoms. The lowest BCUT2D eigenvalue weighted by Crippen LogP contribution is -2.17. The highest BCUT2D eigenvalue weighted by Gasteiger charge is 2.20. The molecule has 0 fully saturated rings. The topological polar surface area (TPSA) is 59.0 Å². The van der Waals surface area contributed by atoms with Gasteiger partial charge in [-0.1, -0.05) is 76.9 Å². The molecule has 1 N–H and O–H groups in total. The minimum Gasteiger partial charge on any atom is -0.307 e. The first-order valence-corrected chi connectivity index (χ1v) is 12.9. The normalized spacial score (nSPS) is 14.2. The van der Waals surface area contributed by atoms with Crippen LogP contribution in [-0.4, -0.2) is 43.6 Å². The van der Waals surface area contributed by atoms with Gasteiger partial charge in [0.05, 0.1) is 13.2 Å². The Morgan fingerprint density at radius 3 is 1.75 bits per heavy atom. The summed E-state index contributed by atoms with van der Waals surface area (Å²) >= 11 is 0. The molecule has 0 rings (SSSR count). The summed E-state index contributed by atoms with van der Waals surface area (Å²) in [5.74, 6) is 0. The molecular weight excluding hydrogens is 373 g/mol. The van der Waals surface area contributed by atoms with Crippen molar-refractivity contribution in [3.05, 3.63) is 12.2 Å². The molecule has 28 heavy (non-hydrogen) atoms. The molecule has 0 heterocycles. The Hall–Kier alpha value is -0.190. The number of phosphoric ester groups is 1. The molecule has 1 unspecified atom stereocenters. The van der Waals surface area contributed by atoms with Gasteiger partial charge in [-0.3, -0.25) is 9.05 Å². The highest BCUT2D eigenvalue weighted by molar-refractivity contribution is 7.47. The molecule has 168 valence electrons. The van der Waals surface area contributed by atoms with Gasteiger partial charge in [-0.05, 0) is 46.2 Å². The third-order valence-electron chi connectivity index (χ3n) is 4.70. The lowest BCUT2D eigenvalue weighted by atomic mass is 10.1. The Kier molecular flexibility index (Phi) is 20.0. The smallest absolute Gasteiger partial charge is 0.307 e. The molecule has 5 nitrogen and oxygen atoms in total. The van der Waals surface area contributed by atoms with Crippen LogP contribution in [0.5, 0.6) is 0 Å². The highest BCUT2D eigenvalue weighted by Crippen LogP contribution is 2.43. The van der Waals surface area contributed by atoms with Crippen LogP contribution < -0.4 is 0 Å². The van der Waals surface area contributed by atoms with Crippen molar-refractivity contribution in [3.63, 3.8) is 0 Å². The maximum absolute atomic E-state index is 11.6. The zero-order chi connectivity index (χ0) is 20.9. The van der Waals surface area contributed by atoms with Gasteiger partial charge in [0.15, 0.2) is 0 Å². The number of phosphoric acid groups is 1. The lowest BCUT2D eigenvalue weighted by Gasteiger charge is -2.14. The van der Waals surface area contributed by atoms with Crippen molar-refractivity contribution in [2.45, 2.75) is 96.8 Å². The van der Waals surface area contributed by atoms with Crippen molar-refractivity contribution < 1.29 is 18.5 Å². The van der Waals surface area contributed by atoms with E-state index < -0.39 is 7.82 Å². The lowest BCUT2D eigenvalue weighted by molar-refractivity contribution is 0.138. The van der Waals surface area contributed by atoms with E-state index in [2.05, 4.69) is 19.1 Å². The Balaban J connectivity index is 3.30. The zero-order valence-corrected chi connectivity index (χ0v) is 19.6. The Morgan fingerprint density at radius 2 is 1.21 bits per heavy atom. The van der Waals surface area contributed by atoms with E-state index in [4.69, 9.17) is 9.05 Å². The predicted molar refractivity (Wildman–Crippen MR) is 120 cm³/mol. The summed E-state index contributed by atoms with van der Waals surface area (Å²) in [4.78, 5) is 11.4. The van der Waals surface area contributed by atoms with Crippen LogP contribution in [-0.2, 0) is 13.6 Å². The maximum atomic E-state index is 11.6. The highest BCUT2D eigenvalue weighted by atomic mass is 31.2. The van der Waals surface area contributed by atoms with E-state index in [-0.39, 0.29) is 13.2 Å². The van der Waals surface area contributed by atoms with Gasteiger partial charge in [-0.15, -0.1) is 0 Å². The van der Waals surface area contributed by atoms with Gasteiger partial charge in [0.2, 0.25) is 0 Å². The van der Waals surface area contributed by atoms with Crippen molar-refractivity contribution in [2.24, 2.45) is 0 Å². The summed E-state index contributed by atoms with van der Waals surface area (Å²) in [6.45, 7) is 3.35. The Morgan fingerprint density at radius 1 is 0.750 bits per heavy atom. The number of hydrogen-bond donors (Lipinski definition) is 1. The third kappa shape index (κ3) is 22.1. The first-order chi connectivity index (χ1) is 13.5. The van der Waals surface area contributed by atoms with E-state index in [1.54, 1.807) is 0 Å². The van der Waals surface area contributed by atoms with Crippen LogP contribution in [0.15, 0.2) is 12.2 Å². The van der Waals surface area contributed by atoms with Crippen LogP contribution in [0.2, 0.25) is 0 Å². The zero-order valence-electron chi connectivity index (χ0n) is 18.7. The molecule has 0 radical (unpaired) electrons.